The summed E-state index contributed by atoms with van der Waals surface area (Å²) in [7, 11) is 3.52. The van der Waals surface area contributed by atoms with Crippen LogP contribution in [0.1, 0.15) is 56.3 Å². The lowest BCUT2D eigenvalue weighted by atomic mass is 9.89. The van der Waals surface area contributed by atoms with Gasteiger partial charge in [-0.2, -0.15) is 0 Å². The minimum atomic E-state index is -0.173. The molecule has 3 heteroatoms. The molecule has 1 rings (SSSR count). The summed E-state index contributed by atoms with van der Waals surface area (Å²) >= 11 is 0. The number of hydrogen-bond donors (Lipinski definition) is 1. The lowest BCUT2D eigenvalue weighted by Crippen LogP contribution is -2.33. The second-order valence-electron chi connectivity index (χ2n) is 6.37. The van der Waals surface area contributed by atoms with Crippen LogP contribution in [0.2, 0.25) is 0 Å². The summed E-state index contributed by atoms with van der Waals surface area (Å²) in [5.41, 5.74) is 3.58. The third-order valence-corrected chi connectivity index (χ3v) is 3.95. The predicted octanol–water partition coefficient (Wildman–Crippen LogP) is 4.17. The summed E-state index contributed by atoms with van der Waals surface area (Å²) in [4.78, 5) is 0. The largest absolute Gasteiger partial charge is 0.496 e. The summed E-state index contributed by atoms with van der Waals surface area (Å²) in [5.74, 6) is 0.966. The first-order valence-corrected chi connectivity index (χ1v) is 7.78. The van der Waals surface area contributed by atoms with Gasteiger partial charge in [0.2, 0.25) is 0 Å². The van der Waals surface area contributed by atoms with Crippen molar-refractivity contribution in [2.75, 3.05) is 20.8 Å². The Morgan fingerprint density at radius 2 is 1.86 bits per heavy atom. The van der Waals surface area contributed by atoms with Gasteiger partial charge in [0.1, 0.15) is 5.75 Å². The molecule has 1 aromatic carbocycles. The molecule has 0 bridgehead atoms. The van der Waals surface area contributed by atoms with E-state index in [0.717, 1.165) is 25.1 Å². The number of benzene rings is 1. The summed E-state index contributed by atoms with van der Waals surface area (Å²) in [5, 5.41) is 3.65. The van der Waals surface area contributed by atoms with E-state index in [4.69, 9.17) is 9.47 Å². The topological polar surface area (TPSA) is 30.5 Å². The molecule has 0 aliphatic carbocycles. The maximum absolute atomic E-state index is 5.64. The normalized spacial score (nSPS) is 13.3. The minimum absolute atomic E-state index is 0.173. The van der Waals surface area contributed by atoms with Gasteiger partial charge in [-0.1, -0.05) is 13.0 Å². The highest BCUT2D eigenvalue weighted by atomic mass is 16.5. The van der Waals surface area contributed by atoms with Gasteiger partial charge >= 0.3 is 0 Å². The average molecular weight is 293 g/mol. The Hall–Kier alpha value is -1.06. The van der Waals surface area contributed by atoms with Gasteiger partial charge in [0, 0.05) is 18.7 Å². The molecule has 0 saturated carbocycles. The molecule has 0 fully saturated rings. The van der Waals surface area contributed by atoms with Crippen LogP contribution in [0.4, 0.5) is 0 Å². The van der Waals surface area contributed by atoms with Crippen LogP contribution in [0.25, 0.3) is 0 Å². The fraction of sp³-hybridized carbons (Fsp3) is 0.667. The van der Waals surface area contributed by atoms with Crippen molar-refractivity contribution >= 4 is 0 Å². The maximum atomic E-state index is 5.64. The zero-order valence-corrected chi connectivity index (χ0v) is 14.7. The molecule has 21 heavy (non-hydrogen) atoms. The van der Waals surface area contributed by atoms with Crippen molar-refractivity contribution in [3.63, 3.8) is 0 Å². The molecule has 0 radical (unpaired) electrons. The van der Waals surface area contributed by atoms with Crippen LogP contribution in [-0.2, 0) is 4.74 Å². The Labute approximate surface area is 130 Å². The Morgan fingerprint density at radius 1 is 1.19 bits per heavy atom. The van der Waals surface area contributed by atoms with E-state index in [-0.39, 0.29) is 11.6 Å². The zero-order valence-electron chi connectivity index (χ0n) is 14.7. The third kappa shape index (κ3) is 5.01. The van der Waals surface area contributed by atoms with Gasteiger partial charge in [0.25, 0.3) is 0 Å². The van der Waals surface area contributed by atoms with Crippen molar-refractivity contribution in [1.29, 1.82) is 0 Å². The average Bonchev–Trinajstić information content (AvgIpc) is 2.42. The fourth-order valence-corrected chi connectivity index (χ4v) is 2.72. The Morgan fingerprint density at radius 3 is 2.38 bits per heavy atom. The number of nitrogens with one attached hydrogen (secondary N) is 1. The Kier molecular flexibility index (Phi) is 6.69. The van der Waals surface area contributed by atoms with Crippen molar-refractivity contribution in [3.8, 4) is 5.75 Å². The van der Waals surface area contributed by atoms with Crippen molar-refractivity contribution in [3.05, 3.63) is 28.8 Å². The van der Waals surface area contributed by atoms with Crippen LogP contribution in [0.15, 0.2) is 12.1 Å². The van der Waals surface area contributed by atoms with Crippen molar-refractivity contribution in [2.45, 2.75) is 59.1 Å². The van der Waals surface area contributed by atoms with Crippen LogP contribution >= 0.6 is 0 Å². The van der Waals surface area contributed by atoms with Gasteiger partial charge in [0.15, 0.2) is 0 Å². The molecule has 0 amide bonds. The number of rotatable bonds is 8. The molecule has 0 aliphatic rings. The highest BCUT2D eigenvalue weighted by molar-refractivity contribution is 5.45. The molecule has 0 saturated heterocycles. The molecule has 0 heterocycles. The molecular formula is C18H31NO2. The summed E-state index contributed by atoms with van der Waals surface area (Å²) in [6.07, 6.45) is 2.01. The monoisotopic (exact) mass is 293 g/mol. The van der Waals surface area contributed by atoms with Gasteiger partial charge < -0.3 is 14.8 Å². The van der Waals surface area contributed by atoms with Crippen LogP contribution in [-0.4, -0.2) is 26.4 Å². The van der Waals surface area contributed by atoms with Crippen LogP contribution in [0.5, 0.6) is 5.75 Å². The van der Waals surface area contributed by atoms with E-state index in [1.165, 1.54) is 16.7 Å². The standard InChI is InChI=1S/C18H31NO2/c1-8-9-19-15(12-18(4,5)21-7)17-14(3)10-13(2)11-16(17)20-6/h10-11,15,19H,8-9,12H2,1-7H3. The molecule has 1 N–H and O–H groups in total. The van der Waals surface area contributed by atoms with E-state index in [2.05, 4.69) is 52.1 Å². The van der Waals surface area contributed by atoms with Gasteiger partial charge in [-0.25, -0.2) is 0 Å². The SMILES string of the molecule is CCCNC(CC(C)(C)OC)c1c(C)cc(C)cc1OC. The number of ether oxygens (including phenoxy) is 2. The molecule has 1 unspecified atom stereocenters. The first-order valence-electron chi connectivity index (χ1n) is 7.78. The number of methoxy groups -OCH3 is 2. The molecule has 3 nitrogen and oxygen atoms in total. The number of hydrogen-bond acceptors (Lipinski definition) is 3. The number of aryl methyl sites for hydroxylation is 2. The maximum Gasteiger partial charge on any atom is 0.124 e. The van der Waals surface area contributed by atoms with Crippen molar-refractivity contribution in [1.82, 2.24) is 5.32 Å². The van der Waals surface area contributed by atoms with Gasteiger partial charge in [-0.05, 0) is 64.3 Å². The van der Waals surface area contributed by atoms with E-state index in [0.29, 0.717) is 0 Å². The third-order valence-electron chi connectivity index (χ3n) is 3.95. The Bertz CT molecular complexity index is 455. The van der Waals surface area contributed by atoms with E-state index in [1.54, 1.807) is 14.2 Å². The summed E-state index contributed by atoms with van der Waals surface area (Å²) in [6, 6.07) is 4.57. The van der Waals surface area contributed by atoms with Crippen LogP contribution < -0.4 is 10.1 Å². The second-order valence-corrected chi connectivity index (χ2v) is 6.37. The summed E-state index contributed by atoms with van der Waals surface area (Å²) in [6.45, 7) is 11.7. The van der Waals surface area contributed by atoms with Gasteiger partial charge in [-0.3, -0.25) is 0 Å². The highest BCUT2D eigenvalue weighted by Gasteiger charge is 2.27. The van der Waals surface area contributed by atoms with Gasteiger partial charge in [-0.15, -0.1) is 0 Å². The van der Waals surface area contributed by atoms with E-state index < -0.39 is 0 Å². The minimum Gasteiger partial charge on any atom is -0.496 e. The second kappa shape index (κ2) is 7.81. The molecular weight excluding hydrogens is 262 g/mol. The molecule has 0 aromatic heterocycles. The molecule has 0 spiro atoms. The quantitative estimate of drug-likeness (QED) is 0.780. The smallest absolute Gasteiger partial charge is 0.124 e. The predicted molar refractivity (Wildman–Crippen MR) is 89.2 cm³/mol. The van der Waals surface area contributed by atoms with Gasteiger partial charge in [0.05, 0.1) is 12.7 Å². The Balaban J connectivity index is 3.19. The summed E-state index contributed by atoms with van der Waals surface area (Å²) < 4.78 is 11.3. The fourth-order valence-electron chi connectivity index (χ4n) is 2.72. The first kappa shape index (κ1) is 18.0. The van der Waals surface area contributed by atoms with E-state index in [9.17, 15) is 0 Å². The van der Waals surface area contributed by atoms with E-state index in [1.807, 2.05) is 0 Å². The highest BCUT2D eigenvalue weighted by Crippen LogP contribution is 2.35. The van der Waals surface area contributed by atoms with Crippen LogP contribution in [0.3, 0.4) is 0 Å². The van der Waals surface area contributed by atoms with Crippen molar-refractivity contribution < 1.29 is 9.47 Å². The first-order chi connectivity index (χ1) is 9.84. The van der Waals surface area contributed by atoms with Crippen molar-refractivity contribution in [2.24, 2.45) is 0 Å². The molecule has 120 valence electrons. The molecule has 0 aliphatic heterocycles. The lowest BCUT2D eigenvalue weighted by molar-refractivity contribution is 0.00664. The van der Waals surface area contributed by atoms with Crippen LogP contribution in [0, 0.1) is 13.8 Å². The lowest BCUT2D eigenvalue weighted by Gasteiger charge is -2.31. The molecule has 1 aromatic rings. The molecule has 1 atom stereocenters. The van der Waals surface area contributed by atoms with E-state index >= 15 is 0 Å². The zero-order chi connectivity index (χ0) is 16.0.